The Labute approximate surface area is 184 Å². The first kappa shape index (κ1) is 19.8. The molecule has 2 heterocycles. The summed E-state index contributed by atoms with van der Waals surface area (Å²) in [7, 11) is 0. The van der Waals surface area contributed by atoms with E-state index in [0.29, 0.717) is 18.4 Å². The van der Waals surface area contributed by atoms with Gasteiger partial charge in [-0.15, -0.1) is 10.2 Å². The monoisotopic (exact) mass is 433 g/mol. The second-order valence-corrected chi connectivity index (χ2v) is 8.77. The molecule has 2 aromatic carbocycles. The second-order valence-electron chi connectivity index (χ2n) is 7.46. The molecule has 1 aliphatic rings. The fraction of sp³-hybridized carbons (Fsp3) is 0.304. The van der Waals surface area contributed by atoms with Crippen molar-refractivity contribution in [3.63, 3.8) is 0 Å². The first-order valence-electron chi connectivity index (χ1n) is 10.5. The second kappa shape index (κ2) is 8.55. The van der Waals surface area contributed by atoms with Crippen LogP contribution in [-0.4, -0.2) is 31.5 Å². The van der Waals surface area contributed by atoms with Crippen LogP contribution in [0.3, 0.4) is 0 Å². The fourth-order valence-electron chi connectivity index (χ4n) is 3.34. The summed E-state index contributed by atoms with van der Waals surface area (Å²) >= 11 is 1.56. The van der Waals surface area contributed by atoms with Crippen LogP contribution in [-0.2, 0) is 0 Å². The summed E-state index contributed by atoms with van der Waals surface area (Å²) < 4.78 is 13.2. The summed E-state index contributed by atoms with van der Waals surface area (Å²) in [6.45, 7) is 4.66. The molecule has 0 radical (unpaired) electrons. The minimum atomic E-state index is -0.0470. The summed E-state index contributed by atoms with van der Waals surface area (Å²) in [6.07, 6.45) is 2.29. The molecule has 8 heteroatoms. The highest BCUT2D eigenvalue weighted by molar-refractivity contribution is 7.99. The van der Waals surface area contributed by atoms with Crippen molar-refractivity contribution in [1.29, 1.82) is 0 Å². The Morgan fingerprint density at radius 1 is 1.10 bits per heavy atom. The van der Waals surface area contributed by atoms with Gasteiger partial charge in [0.2, 0.25) is 5.89 Å². The lowest BCUT2D eigenvalue weighted by Crippen LogP contribution is -2.01. The van der Waals surface area contributed by atoms with Crippen molar-refractivity contribution in [3.05, 3.63) is 66.3 Å². The Morgan fingerprint density at radius 3 is 2.58 bits per heavy atom. The maximum Gasteiger partial charge on any atom is 0.239 e. The number of aromatic nitrogens is 5. The van der Waals surface area contributed by atoms with Crippen LogP contribution >= 0.6 is 11.8 Å². The zero-order valence-corrected chi connectivity index (χ0v) is 18.2. The SMILES string of the molecule is CCOc1ccc(-n2c(SC(C)c3nc(C4CC4)no3)nnc2-c2ccccc2)cc1. The Bertz CT molecular complexity index is 1150. The summed E-state index contributed by atoms with van der Waals surface area (Å²) in [5.41, 5.74) is 1.96. The van der Waals surface area contributed by atoms with Crippen molar-refractivity contribution < 1.29 is 9.26 Å². The van der Waals surface area contributed by atoms with E-state index in [9.17, 15) is 0 Å². The number of thioether (sulfide) groups is 1. The molecule has 0 aliphatic heterocycles. The minimum absolute atomic E-state index is 0.0470. The standard InChI is InChI=1S/C23H23N5O2S/c1-3-29-19-13-11-18(12-14-19)28-21(17-7-5-4-6-8-17)25-26-23(28)31-15(2)22-24-20(27-30-22)16-9-10-16/h4-8,11-16H,3,9-10H2,1-2H3. The molecule has 1 fully saturated rings. The van der Waals surface area contributed by atoms with Gasteiger partial charge in [0.25, 0.3) is 0 Å². The summed E-state index contributed by atoms with van der Waals surface area (Å²) in [5, 5.41) is 13.9. The molecule has 0 bridgehead atoms. The van der Waals surface area contributed by atoms with Gasteiger partial charge < -0.3 is 9.26 Å². The molecule has 1 saturated carbocycles. The van der Waals surface area contributed by atoms with Gasteiger partial charge in [0.15, 0.2) is 16.8 Å². The van der Waals surface area contributed by atoms with Crippen molar-refractivity contribution >= 4 is 11.8 Å². The average molecular weight is 434 g/mol. The first-order valence-corrected chi connectivity index (χ1v) is 11.3. The third-order valence-electron chi connectivity index (χ3n) is 5.10. The number of benzene rings is 2. The lowest BCUT2D eigenvalue weighted by Gasteiger charge is -2.12. The van der Waals surface area contributed by atoms with Crippen molar-refractivity contribution in [2.45, 2.75) is 43.0 Å². The van der Waals surface area contributed by atoms with Gasteiger partial charge in [-0.05, 0) is 51.0 Å². The number of nitrogens with zero attached hydrogens (tertiary/aromatic N) is 5. The van der Waals surface area contributed by atoms with E-state index in [1.165, 1.54) is 0 Å². The third kappa shape index (κ3) is 4.20. The lowest BCUT2D eigenvalue weighted by atomic mass is 10.2. The normalized spacial score (nSPS) is 14.5. The minimum Gasteiger partial charge on any atom is -0.494 e. The van der Waals surface area contributed by atoms with E-state index in [0.717, 1.165) is 46.6 Å². The van der Waals surface area contributed by atoms with Crippen molar-refractivity contribution in [2.24, 2.45) is 0 Å². The zero-order chi connectivity index (χ0) is 21.2. The molecule has 1 unspecified atom stereocenters. The molecule has 158 valence electrons. The Kier molecular flexibility index (Phi) is 5.46. The average Bonchev–Trinajstić information content (AvgIpc) is 3.38. The summed E-state index contributed by atoms with van der Waals surface area (Å²) in [4.78, 5) is 4.60. The van der Waals surface area contributed by atoms with Crippen LogP contribution in [0.25, 0.3) is 17.1 Å². The van der Waals surface area contributed by atoms with Gasteiger partial charge >= 0.3 is 0 Å². The number of hydrogen-bond acceptors (Lipinski definition) is 7. The number of rotatable bonds is 8. The summed E-state index contributed by atoms with van der Waals surface area (Å²) in [6, 6.07) is 18.0. The predicted octanol–water partition coefficient (Wildman–Crippen LogP) is 5.45. The molecular weight excluding hydrogens is 410 g/mol. The van der Waals surface area contributed by atoms with Crippen molar-refractivity contribution in [3.8, 4) is 22.8 Å². The largest absolute Gasteiger partial charge is 0.494 e. The topological polar surface area (TPSA) is 78.9 Å². The van der Waals surface area contributed by atoms with Crippen molar-refractivity contribution in [1.82, 2.24) is 24.9 Å². The molecule has 31 heavy (non-hydrogen) atoms. The highest BCUT2D eigenvalue weighted by Gasteiger charge is 2.30. The van der Waals surface area contributed by atoms with Crippen LogP contribution in [0.1, 0.15) is 49.6 Å². The molecule has 2 aromatic heterocycles. The lowest BCUT2D eigenvalue weighted by molar-refractivity contribution is 0.340. The van der Waals surface area contributed by atoms with E-state index >= 15 is 0 Å². The molecule has 4 aromatic rings. The first-order chi connectivity index (χ1) is 15.2. The van der Waals surface area contributed by atoms with E-state index in [2.05, 4.69) is 24.9 Å². The van der Waals surface area contributed by atoms with Gasteiger partial charge in [-0.1, -0.05) is 47.3 Å². The molecule has 0 saturated heterocycles. The van der Waals surface area contributed by atoms with Crippen molar-refractivity contribution in [2.75, 3.05) is 6.61 Å². The van der Waals surface area contributed by atoms with Crippen LogP contribution in [0, 0.1) is 0 Å². The number of hydrogen-bond donors (Lipinski definition) is 0. The van der Waals surface area contributed by atoms with E-state index in [1.54, 1.807) is 11.8 Å². The van der Waals surface area contributed by atoms with Gasteiger partial charge in [0.05, 0.1) is 11.9 Å². The maximum absolute atomic E-state index is 5.60. The number of ether oxygens (including phenoxy) is 1. The third-order valence-corrected chi connectivity index (χ3v) is 6.13. The van der Waals surface area contributed by atoms with Gasteiger partial charge in [-0.2, -0.15) is 4.98 Å². The predicted molar refractivity (Wildman–Crippen MR) is 119 cm³/mol. The van der Waals surface area contributed by atoms with E-state index in [4.69, 9.17) is 9.26 Å². The van der Waals surface area contributed by atoms with E-state index in [-0.39, 0.29) is 5.25 Å². The van der Waals surface area contributed by atoms with Gasteiger partial charge in [0.1, 0.15) is 5.75 Å². The Hall–Kier alpha value is -3.13. The highest BCUT2D eigenvalue weighted by atomic mass is 32.2. The van der Waals surface area contributed by atoms with Crippen LogP contribution < -0.4 is 4.74 Å². The molecule has 7 nitrogen and oxygen atoms in total. The molecule has 0 amide bonds. The van der Waals surface area contributed by atoms with Gasteiger partial charge in [-0.3, -0.25) is 4.57 Å². The molecule has 0 spiro atoms. The van der Waals surface area contributed by atoms with Crippen LogP contribution in [0.15, 0.2) is 64.3 Å². The zero-order valence-electron chi connectivity index (χ0n) is 17.4. The quantitative estimate of drug-likeness (QED) is 0.342. The maximum atomic E-state index is 5.60. The molecular formula is C23H23N5O2S. The molecule has 5 rings (SSSR count). The van der Waals surface area contributed by atoms with Crippen LogP contribution in [0.5, 0.6) is 5.75 Å². The Morgan fingerprint density at radius 2 is 1.87 bits per heavy atom. The molecule has 1 aliphatic carbocycles. The molecule has 1 atom stereocenters. The van der Waals surface area contributed by atoms with Gasteiger partial charge in [0, 0.05) is 17.2 Å². The fourth-order valence-corrected chi connectivity index (χ4v) is 4.24. The Balaban J connectivity index is 1.49. The summed E-state index contributed by atoms with van der Waals surface area (Å²) in [5.74, 6) is 3.52. The smallest absolute Gasteiger partial charge is 0.239 e. The van der Waals surface area contributed by atoms with Crippen LogP contribution in [0.2, 0.25) is 0 Å². The molecule has 0 N–H and O–H groups in total. The van der Waals surface area contributed by atoms with Crippen LogP contribution in [0.4, 0.5) is 0 Å². The van der Waals surface area contributed by atoms with Gasteiger partial charge in [-0.25, -0.2) is 0 Å². The van der Waals surface area contributed by atoms with E-state index in [1.807, 2.05) is 68.4 Å². The van der Waals surface area contributed by atoms with E-state index < -0.39 is 0 Å². The highest BCUT2D eigenvalue weighted by Crippen LogP contribution is 2.41.